The zero-order valence-electron chi connectivity index (χ0n) is 14.1. The molecular weight excluding hydrogens is 339 g/mol. The summed E-state index contributed by atoms with van der Waals surface area (Å²) < 4.78 is 18.8. The average Bonchev–Trinajstić information content (AvgIpc) is 2.67. The molecule has 26 heavy (non-hydrogen) atoms. The first-order valence-electron chi connectivity index (χ1n) is 8.28. The molecule has 136 valence electrons. The second-order valence-electron chi connectivity index (χ2n) is 5.98. The molecular formula is C19H19FN2O4. The van der Waals surface area contributed by atoms with Crippen molar-refractivity contribution in [2.45, 2.75) is 6.61 Å². The van der Waals surface area contributed by atoms with Crippen LogP contribution in [0.15, 0.2) is 48.5 Å². The van der Waals surface area contributed by atoms with Crippen molar-refractivity contribution in [3.63, 3.8) is 0 Å². The van der Waals surface area contributed by atoms with E-state index in [-0.39, 0.29) is 18.3 Å². The van der Waals surface area contributed by atoms with Gasteiger partial charge in [-0.15, -0.1) is 0 Å². The summed E-state index contributed by atoms with van der Waals surface area (Å²) in [5.74, 6) is -2.06. The van der Waals surface area contributed by atoms with Crippen LogP contribution in [-0.4, -0.2) is 48.2 Å². The highest BCUT2D eigenvalue weighted by Crippen LogP contribution is 2.21. The molecule has 0 atom stereocenters. The van der Waals surface area contributed by atoms with Gasteiger partial charge in [0.2, 0.25) is 0 Å². The molecule has 0 aliphatic carbocycles. The third-order valence-corrected chi connectivity index (χ3v) is 4.29. The Bertz CT molecular complexity index is 789. The molecule has 1 amide bonds. The molecule has 0 unspecified atom stereocenters. The molecule has 2 aromatic rings. The second kappa shape index (κ2) is 7.86. The number of benzene rings is 2. The molecule has 0 saturated carbocycles. The standard InChI is InChI=1S/C19H19FN2O4/c20-17-7-6-15(12-16(17)18(23)24)21-8-10-22(11-9-21)19(25)26-13-14-4-2-1-3-5-14/h1-7,12H,8-11,13H2,(H,23,24). The van der Waals surface area contributed by atoms with Crippen LogP contribution in [0.2, 0.25) is 0 Å². The minimum Gasteiger partial charge on any atom is -0.478 e. The van der Waals surface area contributed by atoms with Crippen molar-refractivity contribution < 1.29 is 23.8 Å². The number of halogens is 1. The molecule has 1 heterocycles. The highest BCUT2D eigenvalue weighted by molar-refractivity contribution is 5.89. The van der Waals surface area contributed by atoms with Gasteiger partial charge in [-0.25, -0.2) is 14.0 Å². The van der Waals surface area contributed by atoms with Crippen LogP contribution in [0.4, 0.5) is 14.9 Å². The van der Waals surface area contributed by atoms with Crippen molar-refractivity contribution in [3.8, 4) is 0 Å². The number of carboxylic acids is 1. The normalized spacial score (nSPS) is 14.2. The van der Waals surface area contributed by atoms with E-state index < -0.39 is 11.8 Å². The van der Waals surface area contributed by atoms with Gasteiger partial charge in [-0.3, -0.25) is 0 Å². The molecule has 2 aromatic carbocycles. The topological polar surface area (TPSA) is 70.1 Å². The number of piperazine rings is 1. The van der Waals surface area contributed by atoms with Crippen LogP contribution in [0.3, 0.4) is 0 Å². The molecule has 0 bridgehead atoms. The summed E-state index contributed by atoms with van der Waals surface area (Å²) in [6.45, 7) is 2.16. The first kappa shape index (κ1) is 17.7. The molecule has 7 heteroatoms. The molecule has 1 aliphatic rings. The third-order valence-electron chi connectivity index (χ3n) is 4.29. The van der Waals surface area contributed by atoms with Crippen LogP contribution in [0.5, 0.6) is 0 Å². The Morgan fingerprint density at radius 1 is 1.04 bits per heavy atom. The number of amides is 1. The lowest BCUT2D eigenvalue weighted by Gasteiger charge is -2.35. The maximum Gasteiger partial charge on any atom is 0.410 e. The molecule has 1 N–H and O–H groups in total. The van der Waals surface area contributed by atoms with E-state index in [2.05, 4.69) is 0 Å². The Balaban J connectivity index is 1.55. The molecule has 1 fully saturated rings. The van der Waals surface area contributed by atoms with Gasteiger partial charge in [0.25, 0.3) is 0 Å². The number of anilines is 1. The van der Waals surface area contributed by atoms with Crippen LogP contribution in [0.25, 0.3) is 0 Å². The SMILES string of the molecule is O=C(O)c1cc(N2CCN(C(=O)OCc3ccccc3)CC2)ccc1F. The lowest BCUT2D eigenvalue weighted by Crippen LogP contribution is -2.49. The van der Waals surface area contributed by atoms with Gasteiger partial charge in [-0.1, -0.05) is 30.3 Å². The number of ether oxygens (including phenoxy) is 1. The number of hydrogen-bond donors (Lipinski definition) is 1. The van der Waals surface area contributed by atoms with Crippen LogP contribution >= 0.6 is 0 Å². The fourth-order valence-corrected chi connectivity index (χ4v) is 2.83. The maximum absolute atomic E-state index is 13.5. The summed E-state index contributed by atoms with van der Waals surface area (Å²) >= 11 is 0. The summed E-state index contributed by atoms with van der Waals surface area (Å²) in [6, 6.07) is 13.5. The van der Waals surface area contributed by atoms with Gasteiger partial charge >= 0.3 is 12.1 Å². The summed E-state index contributed by atoms with van der Waals surface area (Å²) in [5.41, 5.74) is 1.19. The van der Waals surface area contributed by atoms with E-state index in [0.29, 0.717) is 31.9 Å². The quantitative estimate of drug-likeness (QED) is 0.910. The molecule has 0 aromatic heterocycles. The van der Waals surface area contributed by atoms with E-state index in [4.69, 9.17) is 9.84 Å². The number of nitrogens with zero attached hydrogens (tertiary/aromatic N) is 2. The van der Waals surface area contributed by atoms with E-state index in [1.165, 1.54) is 6.07 Å². The van der Waals surface area contributed by atoms with Crippen molar-refractivity contribution >= 4 is 17.7 Å². The largest absolute Gasteiger partial charge is 0.478 e. The summed E-state index contributed by atoms with van der Waals surface area (Å²) in [5, 5.41) is 9.03. The Morgan fingerprint density at radius 3 is 2.38 bits per heavy atom. The Kier molecular flexibility index (Phi) is 5.36. The van der Waals surface area contributed by atoms with Gasteiger partial charge in [0.05, 0.1) is 5.56 Å². The maximum atomic E-state index is 13.5. The first-order valence-corrected chi connectivity index (χ1v) is 8.28. The van der Waals surface area contributed by atoms with E-state index in [1.54, 1.807) is 11.0 Å². The van der Waals surface area contributed by atoms with Gasteiger partial charge < -0.3 is 19.6 Å². The zero-order chi connectivity index (χ0) is 18.5. The zero-order valence-corrected chi connectivity index (χ0v) is 14.1. The number of aromatic carboxylic acids is 1. The van der Waals surface area contributed by atoms with Crippen molar-refractivity contribution in [2.75, 3.05) is 31.1 Å². The lowest BCUT2D eigenvalue weighted by atomic mass is 10.1. The van der Waals surface area contributed by atoms with Crippen LogP contribution in [0, 0.1) is 5.82 Å². The predicted molar refractivity (Wildman–Crippen MR) is 93.8 cm³/mol. The van der Waals surface area contributed by atoms with Gasteiger partial charge in [-0.05, 0) is 23.8 Å². The summed E-state index contributed by atoms with van der Waals surface area (Å²) in [4.78, 5) is 26.8. The van der Waals surface area contributed by atoms with Crippen LogP contribution in [-0.2, 0) is 11.3 Å². The highest BCUT2D eigenvalue weighted by Gasteiger charge is 2.23. The smallest absolute Gasteiger partial charge is 0.410 e. The lowest BCUT2D eigenvalue weighted by molar-refractivity contribution is 0.0692. The van der Waals surface area contributed by atoms with E-state index >= 15 is 0 Å². The Labute approximate surface area is 150 Å². The van der Waals surface area contributed by atoms with E-state index in [9.17, 15) is 14.0 Å². The molecule has 1 aliphatic heterocycles. The third kappa shape index (κ3) is 4.11. The molecule has 1 saturated heterocycles. The van der Waals surface area contributed by atoms with Gasteiger partial charge in [-0.2, -0.15) is 0 Å². The minimum atomic E-state index is -1.30. The van der Waals surface area contributed by atoms with Crippen molar-refractivity contribution in [2.24, 2.45) is 0 Å². The van der Waals surface area contributed by atoms with E-state index in [0.717, 1.165) is 11.6 Å². The molecule has 0 spiro atoms. The molecule has 0 radical (unpaired) electrons. The summed E-state index contributed by atoms with van der Waals surface area (Å²) in [6.07, 6.45) is -0.376. The minimum absolute atomic E-state index is 0.222. The highest BCUT2D eigenvalue weighted by atomic mass is 19.1. The van der Waals surface area contributed by atoms with Gasteiger partial charge in [0.1, 0.15) is 12.4 Å². The van der Waals surface area contributed by atoms with Gasteiger partial charge in [0, 0.05) is 31.9 Å². The molecule has 6 nitrogen and oxygen atoms in total. The number of hydrogen-bond acceptors (Lipinski definition) is 4. The number of carboxylic acid groups (broad SMARTS) is 1. The van der Waals surface area contributed by atoms with Crippen LogP contribution < -0.4 is 4.90 Å². The Hall–Kier alpha value is -3.09. The monoisotopic (exact) mass is 358 g/mol. The second-order valence-corrected chi connectivity index (χ2v) is 5.98. The summed E-state index contributed by atoms with van der Waals surface area (Å²) in [7, 11) is 0. The van der Waals surface area contributed by atoms with Crippen molar-refractivity contribution in [1.82, 2.24) is 4.90 Å². The average molecular weight is 358 g/mol. The first-order chi connectivity index (χ1) is 12.5. The fraction of sp³-hybridized carbons (Fsp3) is 0.263. The predicted octanol–water partition coefficient (Wildman–Crippen LogP) is 2.98. The van der Waals surface area contributed by atoms with E-state index in [1.807, 2.05) is 35.2 Å². The number of rotatable bonds is 4. The molecule has 3 rings (SSSR count). The van der Waals surface area contributed by atoms with Gasteiger partial charge in [0.15, 0.2) is 0 Å². The van der Waals surface area contributed by atoms with Crippen molar-refractivity contribution in [1.29, 1.82) is 0 Å². The number of carbonyl (C=O) groups excluding carboxylic acids is 1. The van der Waals surface area contributed by atoms with Crippen LogP contribution in [0.1, 0.15) is 15.9 Å². The fourth-order valence-electron chi connectivity index (χ4n) is 2.83. The van der Waals surface area contributed by atoms with Crippen molar-refractivity contribution in [3.05, 3.63) is 65.5 Å². The Morgan fingerprint density at radius 2 is 1.73 bits per heavy atom. The number of carbonyl (C=O) groups is 2.